The summed E-state index contributed by atoms with van der Waals surface area (Å²) in [6.45, 7) is 4.21. The number of aliphatic hydroxyl groups excluding tert-OH is 3. The molecule has 0 unspecified atom stereocenters. The molecule has 5 heteroatoms. The Balaban J connectivity index is 1.97. The summed E-state index contributed by atoms with van der Waals surface area (Å²) >= 11 is 0. The largest absolute Gasteiger partial charge is 0.394 e. The van der Waals surface area contributed by atoms with E-state index in [1.165, 1.54) is 32.1 Å². The van der Waals surface area contributed by atoms with Gasteiger partial charge in [0.05, 0.1) is 13.2 Å². The van der Waals surface area contributed by atoms with E-state index in [2.05, 4.69) is 6.58 Å². The molecule has 4 atom stereocenters. The van der Waals surface area contributed by atoms with E-state index in [9.17, 15) is 10.2 Å². The van der Waals surface area contributed by atoms with Gasteiger partial charge in [-0.25, -0.2) is 0 Å². The van der Waals surface area contributed by atoms with Gasteiger partial charge < -0.3 is 24.8 Å². The molecule has 0 aromatic carbocycles. The second-order valence-electron chi connectivity index (χ2n) is 6.00. The number of aliphatic hydroxyl groups is 3. The van der Waals surface area contributed by atoms with Crippen LogP contribution in [0.5, 0.6) is 0 Å². The molecule has 1 saturated heterocycles. The summed E-state index contributed by atoms with van der Waals surface area (Å²) in [5, 5.41) is 28.6. The van der Waals surface area contributed by atoms with Crippen molar-refractivity contribution in [1.29, 1.82) is 0 Å². The summed E-state index contributed by atoms with van der Waals surface area (Å²) in [6.07, 6.45) is 8.12. The monoisotopic (exact) mass is 316 g/mol. The van der Waals surface area contributed by atoms with Crippen molar-refractivity contribution >= 4 is 0 Å². The third-order valence-corrected chi connectivity index (χ3v) is 4.15. The van der Waals surface area contributed by atoms with Gasteiger partial charge in [-0.15, -0.1) is 6.58 Å². The van der Waals surface area contributed by atoms with E-state index < -0.39 is 24.4 Å². The van der Waals surface area contributed by atoms with E-state index in [0.29, 0.717) is 6.61 Å². The molecule has 0 aliphatic carbocycles. The summed E-state index contributed by atoms with van der Waals surface area (Å²) in [4.78, 5) is 0. The van der Waals surface area contributed by atoms with Gasteiger partial charge in [-0.2, -0.15) is 0 Å². The first kappa shape index (κ1) is 19.6. The van der Waals surface area contributed by atoms with Gasteiger partial charge in [0.15, 0.2) is 0 Å². The van der Waals surface area contributed by atoms with Crippen LogP contribution in [0.2, 0.25) is 0 Å². The minimum absolute atomic E-state index is 0.215. The molecule has 1 rings (SSSR count). The van der Waals surface area contributed by atoms with Crippen LogP contribution in [0.3, 0.4) is 0 Å². The van der Waals surface area contributed by atoms with E-state index in [4.69, 9.17) is 14.6 Å². The SMILES string of the molecule is C=CCCCCCCCCCO[C@H]1CO[C@H](CO)[C@@H](O)[C@@H]1O. The number of unbranched alkanes of at least 4 members (excludes halogenated alkanes) is 7. The van der Waals surface area contributed by atoms with Gasteiger partial charge >= 0.3 is 0 Å². The van der Waals surface area contributed by atoms with Crippen LogP contribution in [0.1, 0.15) is 51.4 Å². The molecule has 0 amide bonds. The van der Waals surface area contributed by atoms with Crippen LogP contribution >= 0.6 is 0 Å². The molecule has 1 aliphatic rings. The summed E-state index contributed by atoms with van der Waals surface area (Å²) in [5.74, 6) is 0. The van der Waals surface area contributed by atoms with Gasteiger partial charge in [0.1, 0.15) is 24.4 Å². The summed E-state index contributed by atoms with van der Waals surface area (Å²) in [5.41, 5.74) is 0. The van der Waals surface area contributed by atoms with Crippen LogP contribution in [0.15, 0.2) is 12.7 Å². The Hall–Kier alpha value is -0.460. The van der Waals surface area contributed by atoms with Gasteiger partial charge in [0.2, 0.25) is 0 Å². The topological polar surface area (TPSA) is 79.2 Å². The Morgan fingerprint density at radius 3 is 2.27 bits per heavy atom. The predicted molar refractivity (Wildman–Crippen MR) is 85.7 cm³/mol. The van der Waals surface area contributed by atoms with Gasteiger partial charge in [-0.05, 0) is 19.3 Å². The Morgan fingerprint density at radius 1 is 1.00 bits per heavy atom. The standard InChI is InChI=1S/C17H32O5/c1-2-3-4-5-6-7-8-9-10-11-21-15-13-22-14(12-18)16(19)17(15)20/h2,14-20H,1,3-13H2/t14-,15+,16-,17-/m1/s1. The first-order valence-electron chi connectivity index (χ1n) is 8.51. The average molecular weight is 316 g/mol. The zero-order chi connectivity index (χ0) is 16.2. The van der Waals surface area contributed by atoms with E-state index in [0.717, 1.165) is 19.3 Å². The number of ether oxygens (including phenoxy) is 2. The fourth-order valence-corrected chi connectivity index (χ4v) is 2.67. The summed E-state index contributed by atoms with van der Waals surface area (Å²) in [6, 6.07) is 0. The molecular formula is C17H32O5. The van der Waals surface area contributed by atoms with Crippen LogP contribution in [-0.4, -0.2) is 59.6 Å². The number of rotatable bonds is 12. The summed E-state index contributed by atoms with van der Waals surface area (Å²) in [7, 11) is 0. The van der Waals surface area contributed by atoms with Gasteiger partial charge in [-0.3, -0.25) is 0 Å². The highest BCUT2D eigenvalue weighted by atomic mass is 16.6. The van der Waals surface area contributed by atoms with Crippen LogP contribution in [0.4, 0.5) is 0 Å². The molecule has 1 heterocycles. The number of hydrogen-bond acceptors (Lipinski definition) is 5. The highest BCUT2D eigenvalue weighted by Gasteiger charge is 2.38. The lowest BCUT2D eigenvalue weighted by Crippen LogP contribution is -2.55. The number of hydrogen-bond donors (Lipinski definition) is 3. The molecular weight excluding hydrogens is 284 g/mol. The van der Waals surface area contributed by atoms with Gasteiger partial charge in [-0.1, -0.05) is 38.2 Å². The zero-order valence-electron chi connectivity index (χ0n) is 13.5. The van der Waals surface area contributed by atoms with Crippen molar-refractivity contribution in [2.45, 2.75) is 75.8 Å². The van der Waals surface area contributed by atoms with E-state index in [1.54, 1.807) is 0 Å². The highest BCUT2D eigenvalue weighted by Crippen LogP contribution is 2.18. The van der Waals surface area contributed by atoms with Crippen LogP contribution in [-0.2, 0) is 9.47 Å². The van der Waals surface area contributed by atoms with Crippen LogP contribution < -0.4 is 0 Å². The average Bonchev–Trinajstić information content (AvgIpc) is 2.53. The predicted octanol–water partition coefficient (Wildman–Crippen LogP) is 1.79. The molecule has 0 radical (unpaired) electrons. The first-order chi connectivity index (χ1) is 10.7. The maximum Gasteiger partial charge on any atom is 0.111 e. The van der Waals surface area contributed by atoms with Crippen LogP contribution in [0.25, 0.3) is 0 Å². The smallest absolute Gasteiger partial charge is 0.111 e. The molecule has 130 valence electrons. The van der Waals surface area contributed by atoms with Gasteiger partial charge in [0.25, 0.3) is 0 Å². The third-order valence-electron chi connectivity index (χ3n) is 4.15. The molecule has 1 fully saturated rings. The quantitative estimate of drug-likeness (QED) is 0.378. The van der Waals surface area contributed by atoms with E-state index in [1.807, 2.05) is 6.08 Å². The fraction of sp³-hybridized carbons (Fsp3) is 0.882. The van der Waals surface area contributed by atoms with Crippen molar-refractivity contribution in [3.63, 3.8) is 0 Å². The second-order valence-corrected chi connectivity index (χ2v) is 6.00. The molecule has 22 heavy (non-hydrogen) atoms. The maximum absolute atomic E-state index is 9.91. The molecule has 0 saturated carbocycles. The zero-order valence-corrected chi connectivity index (χ0v) is 13.5. The Kier molecular flexibility index (Phi) is 10.7. The van der Waals surface area contributed by atoms with Crippen LogP contribution in [0, 0.1) is 0 Å². The lowest BCUT2D eigenvalue weighted by Gasteiger charge is -2.36. The molecule has 3 N–H and O–H groups in total. The molecule has 0 bridgehead atoms. The number of allylic oxidation sites excluding steroid dienone is 1. The van der Waals surface area contributed by atoms with Crippen molar-refractivity contribution in [3.8, 4) is 0 Å². The fourth-order valence-electron chi connectivity index (χ4n) is 2.67. The maximum atomic E-state index is 9.91. The van der Waals surface area contributed by atoms with Crippen molar-refractivity contribution in [3.05, 3.63) is 12.7 Å². The van der Waals surface area contributed by atoms with Crippen molar-refractivity contribution in [2.75, 3.05) is 19.8 Å². The molecule has 0 aromatic heterocycles. The molecule has 0 spiro atoms. The minimum Gasteiger partial charge on any atom is -0.394 e. The van der Waals surface area contributed by atoms with Crippen molar-refractivity contribution in [1.82, 2.24) is 0 Å². The summed E-state index contributed by atoms with van der Waals surface area (Å²) < 4.78 is 10.9. The van der Waals surface area contributed by atoms with Gasteiger partial charge in [0, 0.05) is 6.61 Å². The molecule has 1 aliphatic heterocycles. The Morgan fingerprint density at radius 2 is 1.64 bits per heavy atom. The Bertz CT molecular complexity index is 284. The van der Waals surface area contributed by atoms with Crippen molar-refractivity contribution < 1.29 is 24.8 Å². The van der Waals surface area contributed by atoms with E-state index in [-0.39, 0.29) is 13.2 Å². The van der Waals surface area contributed by atoms with Crippen molar-refractivity contribution in [2.24, 2.45) is 0 Å². The third kappa shape index (κ3) is 7.20. The normalized spacial score (nSPS) is 28.7. The van der Waals surface area contributed by atoms with E-state index >= 15 is 0 Å². The molecule has 0 aromatic rings. The molecule has 5 nitrogen and oxygen atoms in total. The Labute approximate surface area is 133 Å². The lowest BCUT2D eigenvalue weighted by molar-refractivity contribution is -0.208. The lowest BCUT2D eigenvalue weighted by atomic mass is 10.0. The minimum atomic E-state index is -1.08. The second kappa shape index (κ2) is 12.0. The highest BCUT2D eigenvalue weighted by molar-refractivity contribution is 4.87. The first-order valence-corrected chi connectivity index (χ1v) is 8.51.